The third kappa shape index (κ3) is 1.88. The maximum absolute atomic E-state index is 12.6. The van der Waals surface area contributed by atoms with Gasteiger partial charge >= 0.3 is 0 Å². The lowest BCUT2D eigenvalue weighted by atomic mass is 10.2. The van der Waals surface area contributed by atoms with Gasteiger partial charge < -0.3 is 5.73 Å². The molecule has 0 saturated heterocycles. The van der Waals surface area contributed by atoms with Crippen molar-refractivity contribution in [1.29, 1.82) is 0 Å². The monoisotopic (exact) mass is 174 g/mol. The van der Waals surface area contributed by atoms with E-state index in [0.29, 0.717) is 18.5 Å². The van der Waals surface area contributed by atoms with Crippen LogP contribution in [-0.4, -0.2) is 11.5 Å². The Morgan fingerprint density at radius 3 is 3.00 bits per heavy atom. The predicted octanol–water partition coefficient (Wildman–Crippen LogP) is 1.38. The molecule has 11 heavy (non-hydrogen) atoms. The van der Waals surface area contributed by atoms with E-state index in [-0.39, 0.29) is 5.02 Å². The number of halogens is 2. The molecule has 1 aromatic rings. The molecule has 0 aliphatic carbocycles. The van der Waals surface area contributed by atoms with Crippen molar-refractivity contribution in [3.8, 4) is 0 Å². The van der Waals surface area contributed by atoms with E-state index in [2.05, 4.69) is 4.98 Å². The molecule has 2 N–H and O–H groups in total. The van der Waals surface area contributed by atoms with Crippen LogP contribution >= 0.6 is 11.6 Å². The van der Waals surface area contributed by atoms with Gasteiger partial charge in [-0.05, 0) is 24.6 Å². The molecule has 0 radical (unpaired) electrons. The quantitative estimate of drug-likeness (QED) is 0.688. The zero-order valence-electron chi connectivity index (χ0n) is 5.85. The van der Waals surface area contributed by atoms with Gasteiger partial charge in [0.2, 0.25) is 5.95 Å². The van der Waals surface area contributed by atoms with Crippen molar-refractivity contribution in [2.75, 3.05) is 6.54 Å². The second kappa shape index (κ2) is 3.64. The van der Waals surface area contributed by atoms with Gasteiger partial charge in [-0.3, -0.25) is 0 Å². The highest BCUT2D eigenvalue weighted by molar-refractivity contribution is 6.31. The van der Waals surface area contributed by atoms with Crippen molar-refractivity contribution >= 4 is 11.6 Å². The first-order valence-corrected chi connectivity index (χ1v) is 3.62. The van der Waals surface area contributed by atoms with Gasteiger partial charge in [-0.15, -0.1) is 0 Å². The van der Waals surface area contributed by atoms with E-state index in [9.17, 15) is 4.39 Å². The highest BCUT2D eigenvalue weighted by atomic mass is 35.5. The molecule has 0 atom stereocenters. The summed E-state index contributed by atoms with van der Waals surface area (Å²) < 4.78 is 12.6. The Kier molecular flexibility index (Phi) is 2.79. The van der Waals surface area contributed by atoms with Gasteiger partial charge in [-0.1, -0.05) is 11.6 Å². The minimum Gasteiger partial charge on any atom is -0.330 e. The van der Waals surface area contributed by atoms with Crippen LogP contribution in [-0.2, 0) is 6.42 Å². The summed E-state index contributed by atoms with van der Waals surface area (Å²) in [5, 5.41) is 0.0814. The Morgan fingerprint density at radius 2 is 2.36 bits per heavy atom. The van der Waals surface area contributed by atoms with E-state index in [1.54, 1.807) is 6.07 Å². The molecule has 0 fully saturated rings. The normalized spacial score (nSPS) is 10.1. The topological polar surface area (TPSA) is 38.9 Å². The van der Waals surface area contributed by atoms with Crippen LogP contribution in [0.2, 0.25) is 5.02 Å². The van der Waals surface area contributed by atoms with Crippen molar-refractivity contribution in [3.63, 3.8) is 0 Å². The number of hydrogen-bond acceptors (Lipinski definition) is 2. The molecule has 1 rings (SSSR count). The fraction of sp³-hybridized carbons (Fsp3) is 0.286. The summed E-state index contributed by atoms with van der Waals surface area (Å²) in [6.07, 6.45) is 1.96. The van der Waals surface area contributed by atoms with Crippen LogP contribution in [0.4, 0.5) is 4.39 Å². The second-order valence-electron chi connectivity index (χ2n) is 2.11. The fourth-order valence-corrected chi connectivity index (χ4v) is 1.01. The second-order valence-corrected chi connectivity index (χ2v) is 2.49. The molecule has 0 aromatic carbocycles. The van der Waals surface area contributed by atoms with Crippen LogP contribution in [0.1, 0.15) is 5.56 Å². The Morgan fingerprint density at radius 1 is 1.64 bits per heavy atom. The van der Waals surface area contributed by atoms with Crippen molar-refractivity contribution in [2.45, 2.75) is 6.42 Å². The van der Waals surface area contributed by atoms with Crippen molar-refractivity contribution in [3.05, 3.63) is 28.8 Å². The van der Waals surface area contributed by atoms with E-state index in [4.69, 9.17) is 17.3 Å². The maximum Gasteiger partial charge on any atom is 0.231 e. The molecule has 4 heteroatoms. The summed E-state index contributed by atoms with van der Waals surface area (Å²) in [5.74, 6) is -0.627. The molecule has 0 bridgehead atoms. The molecular weight excluding hydrogens is 167 g/mol. The number of nitrogens with zero attached hydrogens (tertiary/aromatic N) is 1. The summed E-state index contributed by atoms with van der Waals surface area (Å²) in [4.78, 5) is 3.38. The average Bonchev–Trinajstić information content (AvgIpc) is 1.99. The Balaban J connectivity index is 2.96. The molecule has 1 aromatic heterocycles. The maximum atomic E-state index is 12.6. The third-order valence-electron chi connectivity index (χ3n) is 1.34. The van der Waals surface area contributed by atoms with Crippen molar-refractivity contribution in [1.82, 2.24) is 4.98 Å². The van der Waals surface area contributed by atoms with E-state index in [1.807, 2.05) is 0 Å². The number of rotatable bonds is 2. The number of nitrogens with two attached hydrogens (primary N) is 1. The molecule has 0 amide bonds. The van der Waals surface area contributed by atoms with Gasteiger partial charge in [0, 0.05) is 6.20 Å². The molecule has 0 saturated carbocycles. The zero-order valence-corrected chi connectivity index (χ0v) is 6.61. The van der Waals surface area contributed by atoms with E-state index < -0.39 is 5.95 Å². The minimum atomic E-state index is -0.627. The molecule has 0 spiro atoms. The van der Waals surface area contributed by atoms with Crippen molar-refractivity contribution in [2.24, 2.45) is 5.73 Å². The average molecular weight is 175 g/mol. The van der Waals surface area contributed by atoms with Gasteiger partial charge in [0.05, 0.1) is 5.02 Å². The molecule has 0 aliphatic rings. The standard InChI is InChI=1S/C7H8ClFN2/c8-6-5(1-3-10)2-4-11-7(6)9/h2,4H,1,3,10H2. The lowest BCUT2D eigenvalue weighted by Crippen LogP contribution is -2.04. The van der Waals surface area contributed by atoms with Crippen LogP contribution in [0.3, 0.4) is 0 Å². The van der Waals surface area contributed by atoms with Gasteiger partial charge in [-0.25, -0.2) is 4.98 Å². The summed E-state index contributed by atoms with van der Waals surface area (Å²) in [6, 6.07) is 1.66. The summed E-state index contributed by atoms with van der Waals surface area (Å²) in [6.45, 7) is 0.461. The number of hydrogen-bond donors (Lipinski definition) is 1. The predicted molar refractivity (Wildman–Crippen MR) is 42.0 cm³/mol. The SMILES string of the molecule is NCCc1ccnc(F)c1Cl. The highest BCUT2D eigenvalue weighted by Gasteiger charge is 2.04. The molecule has 2 nitrogen and oxygen atoms in total. The molecule has 60 valence electrons. The summed E-state index contributed by atoms with van der Waals surface area (Å²) in [7, 11) is 0. The van der Waals surface area contributed by atoms with Crippen LogP contribution in [0, 0.1) is 5.95 Å². The Labute approximate surface area is 69.2 Å². The van der Waals surface area contributed by atoms with Crippen LogP contribution < -0.4 is 5.73 Å². The number of aromatic nitrogens is 1. The van der Waals surface area contributed by atoms with Crippen LogP contribution in [0.15, 0.2) is 12.3 Å². The van der Waals surface area contributed by atoms with Gasteiger partial charge in [-0.2, -0.15) is 4.39 Å². The first-order chi connectivity index (χ1) is 5.25. The smallest absolute Gasteiger partial charge is 0.231 e. The van der Waals surface area contributed by atoms with Gasteiger partial charge in [0.15, 0.2) is 0 Å². The van der Waals surface area contributed by atoms with Gasteiger partial charge in [0.1, 0.15) is 0 Å². The molecule has 0 aliphatic heterocycles. The summed E-state index contributed by atoms with van der Waals surface area (Å²) in [5.41, 5.74) is 5.99. The zero-order chi connectivity index (χ0) is 8.27. The number of pyridine rings is 1. The minimum absolute atomic E-state index is 0.0814. The van der Waals surface area contributed by atoms with E-state index >= 15 is 0 Å². The van der Waals surface area contributed by atoms with E-state index in [1.165, 1.54) is 6.20 Å². The third-order valence-corrected chi connectivity index (χ3v) is 1.74. The lowest BCUT2D eigenvalue weighted by molar-refractivity contribution is 0.581. The first-order valence-electron chi connectivity index (χ1n) is 3.24. The Hall–Kier alpha value is -0.670. The highest BCUT2D eigenvalue weighted by Crippen LogP contribution is 2.17. The molecular formula is C7H8ClFN2. The van der Waals surface area contributed by atoms with Crippen LogP contribution in [0.25, 0.3) is 0 Å². The molecule has 0 unspecified atom stereocenters. The van der Waals surface area contributed by atoms with E-state index in [0.717, 1.165) is 0 Å². The molecule has 1 heterocycles. The first kappa shape index (κ1) is 8.43. The lowest BCUT2D eigenvalue weighted by Gasteiger charge is -2.00. The van der Waals surface area contributed by atoms with Crippen LogP contribution in [0.5, 0.6) is 0 Å². The largest absolute Gasteiger partial charge is 0.330 e. The van der Waals surface area contributed by atoms with Gasteiger partial charge in [0.25, 0.3) is 0 Å². The summed E-state index contributed by atoms with van der Waals surface area (Å²) >= 11 is 5.58. The fourth-order valence-electron chi connectivity index (χ4n) is 0.804. The van der Waals surface area contributed by atoms with Crippen molar-refractivity contribution < 1.29 is 4.39 Å². The Bertz CT molecular complexity index is 252.